The van der Waals surface area contributed by atoms with E-state index in [-0.39, 0.29) is 17.8 Å². The number of anilines is 1. The number of nitrogens with zero attached hydrogens (tertiary/aromatic N) is 2. The zero-order valence-corrected chi connectivity index (χ0v) is 11.0. The summed E-state index contributed by atoms with van der Waals surface area (Å²) in [6, 6.07) is 3.86. The van der Waals surface area contributed by atoms with Crippen LogP contribution in [0.25, 0.3) is 0 Å². The number of amides is 1. The number of hydrogen-bond donors (Lipinski definition) is 2. The molecule has 0 aliphatic rings. The van der Waals surface area contributed by atoms with Crippen LogP contribution in [0.2, 0.25) is 0 Å². The number of carboxylic acid groups (broad SMARTS) is 1. The molecule has 1 aromatic carbocycles. The molecule has 0 spiro atoms. The van der Waals surface area contributed by atoms with Crippen molar-refractivity contribution in [3.63, 3.8) is 0 Å². The predicted octanol–water partition coefficient (Wildman–Crippen LogP) is 1.37. The van der Waals surface area contributed by atoms with Crippen molar-refractivity contribution in [1.82, 2.24) is 9.78 Å². The topological polar surface area (TPSA) is 93.5 Å². The van der Waals surface area contributed by atoms with Crippen LogP contribution in [0.15, 0.2) is 30.6 Å². The highest BCUT2D eigenvalue weighted by Gasteiger charge is 2.14. The second-order valence-corrected chi connectivity index (χ2v) is 4.12. The minimum Gasteiger partial charge on any atom is -0.497 e. The van der Waals surface area contributed by atoms with E-state index in [4.69, 9.17) is 9.84 Å². The first-order chi connectivity index (χ1) is 9.99. The molecule has 2 N–H and O–H groups in total. The summed E-state index contributed by atoms with van der Waals surface area (Å²) in [6.07, 6.45) is 2.62. The largest absolute Gasteiger partial charge is 0.497 e. The van der Waals surface area contributed by atoms with Crippen molar-refractivity contribution in [1.29, 1.82) is 0 Å². The number of carbonyl (C=O) groups excluding carboxylic acids is 1. The van der Waals surface area contributed by atoms with E-state index in [9.17, 15) is 14.0 Å². The molecule has 8 heteroatoms. The summed E-state index contributed by atoms with van der Waals surface area (Å²) in [6.45, 7) is -0.327. The van der Waals surface area contributed by atoms with E-state index >= 15 is 0 Å². The Morgan fingerprint density at radius 1 is 1.48 bits per heavy atom. The van der Waals surface area contributed by atoms with Gasteiger partial charge in [0.15, 0.2) is 0 Å². The first-order valence-corrected chi connectivity index (χ1v) is 5.88. The minimum atomic E-state index is -1.06. The van der Waals surface area contributed by atoms with E-state index in [1.54, 1.807) is 0 Å². The molecule has 0 saturated heterocycles. The van der Waals surface area contributed by atoms with Crippen molar-refractivity contribution in [3.8, 4) is 5.75 Å². The molecule has 0 saturated carbocycles. The Balaban J connectivity index is 2.10. The quantitative estimate of drug-likeness (QED) is 0.868. The molecule has 2 aromatic rings. The van der Waals surface area contributed by atoms with Crippen molar-refractivity contribution in [3.05, 3.63) is 42.0 Å². The molecule has 0 atom stereocenters. The van der Waals surface area contributed by atoms with Crippen LogP contribution in [0.4, 0.5) is 10.1 Å². The van der Waals surface area contributed by atoms with Gasteiger partial charge in [0.25, 0.3) is 5.91 Å². The van der Waals surface area contributed by atoms with Gasteiger partial charge in [0, 0.05) is 12.3 Å². The average molecular weight is 293 g/mol. The van der Waals surface area contributed by atoms with Crippen molar-refractivity contribution in [2.75, 3.05) is 12.4 Å². The maximum atomic E-state index is 13.7. The minimum absolute atomic E-state index is 0.151. The predicted molar refractivity (Wildman–Crippen MR) is 70.8 cm³/mol. The molecule has 7 nitrogen and oxygen atoms in total. The number of aromatic nitrogens is 2. The summed E-state index contributed by atoms with van der Waals surface area (Å²) in [7, 11) is 1.39. The van der Waals surface area contributed by atoms with Crippen LogP contribution in [0.5, 0.6) is 5.75 Å². The Morgan fingerprint density at radius 3 is 2.86 bits per heavy atom. The molecule has 2 rings (SSSR count). The fourth-order valence-electron chi connectivity index (χ4n) is 1.66. The SMILES string of the molecule is COc1ccc(C(=O)Nc2cnn(CC(=O)O)c2)c(F)c1. The van der Waals surface area contributed by atoms with E-state index in [0.717, 1.165) is 10.7 Å². The molecular formula is C13H12FN3O4. The van der Waals surface area contributed by atoms with Crippen LogP contribution >= 0.6 is 0 Å². The number of aliphatic carboxylic acids is 1. The monoisotopic (exact) mass is 293 g/mol. The number of hydrogen-bond acceptors (Lipinski definition) is 4. The smallest absolute Gasteiger partial charge is 0.325 e. The third kappa shape index (κ3) is 3.56. The molecular weight excluding hydrogens is 281 g/mol. The molecule has 0 aliphatic heterocycles. The number of carboxylic acids is 1. The Morgan fingerprint density at radius 2 is 2.24 bits per heavy atom. The van der Waals surface area contributed by atoms with E-state index in [0.29, 0.717) is 5.75 Å². The number of rotatable bonds is 5. The Kier molecular flexibility index (Phi) is 4.17. The van der Waals surface area contributed by atoms with Crippen LogP contribution in [-0.4, -0.2) is 33.9 Å². The lowest BCUT2D eigenvalue weighted by atomic mass is 10.2. The van der Waals surface area contributed by atoms with Gasteiger partial charge in [-0.2, -0.15) is 5.10 Å². The van der Waals surface area contributed by atoms with Gasteiger partial charge in [0.1, 0.15) is 18.1 Å². The van der Waals surface area contributed by atoms with Gasteiger partial charge in [-0.05, 0) is 12.1 Å². The maximum Gasteiger partial charge on any atom is 0.325 e. The van der Waals surface area contributed by atoms with Crippen molar-refractivity contribution in [2.24, 2.45) is 0 Å². The molecule has 0 fully saturated rings. The fraction of sp³-hybridized carbons (Fsp3) is 0.154. The third-order valence-corrected chi connectivity index (χ3v) is 2.61. The second kappa shape index (κ2) is 6.04. The molecule has 0 bridgehead atoms. The van der Waals surface area contributed by atoms with Gasteiger partial charge in [-0.25, -0.2) is 4.39 Å². The first kappa shape index (κ1) is 14.5. The van der Waals surface area contributed by atoms with Crippen LogP contribution in [0, 0.1) is 5.82 Å². The zero-order valence-electron chi connectivity index (χ0n) is 11.0. The molecule has 21 heavy (non-hydrogen) atoms. The highest BCUT2D eigenvalue weighted by molar-refractivity contribution is 6.04. The number of nitrogens with one attached hydrogen (secondary N) is 1. The van der Waals surface area contributed by atoms with Gasteiger partial charge in [-0.3, -0.25) is 14.3 Å². The maximum absolute atomic E-state index is 13.7. The van der Waals surface area contributed by atoms with E-state index < -0.39 is 17.7 Å². The van der Waals surface area contributed by atoms with Gasteiger partial charge < -0.3 is 15.2 Å². The Labute approximate surface area is 119 Å². The fourth-order valence-corrected chi connectivity index (χ4v) is 1.66. The zero-order chi connectivity index (χ0) is 15.4. The number of carbonyl (C=O) groups is 2. The third-order valence-electron chi connectivity index (χ3n) is 2.61. The lowest BCUT2D eigenvalue weighted by Crippen LogP contribution is -2.13. The molecule has 0 aliphatic carbocycles. The van der Waals surface area contributed by atoms with E-state index in [2.05, 4.69) is 10.4 Å². The van der Waals surface area contributed by atoms with Crippen molar-refractivity contribution >= 4 is 17.6 Å². The highest BCUT2D eigenvalue weighted by Crippen LogP contribution is 2.17. The number of benzene rings is 1. The van der Waals surface area contributed by atoms with Crippen LogP contribution in [0.1, 0.15) is 10.4 Å². The van der Waals surface area contributed by atoms with Gasteiger partial charge in [-0.1, -0.05) is 0 Å². The molecule has 1 amide bonds. The molecule has 1 heterocycles. The Bertz CT molecular complexity index is 684. The van der Waals surface area contributed by atoms with Crippen molar-refractivity contribution in [2.45, 2.75) is 6.54 Å². The summed E-state index contributed by atoms with van der Waals surface area (Å²) < 4.78 is 19.7. The van der Waals surface area contributed by atoms with Crippen LogP contribution in [-0.2, 0) is 11.3 Å². The summed E-state index contributed by atoms with van der Waals surface area (Å²) in [5, 5.41) is 14.8. The standard InChI is InChI=1S/C13H12FN3O4/c1-21-9-2-3-10(11(14)4-9)13(20)16-8-5-15-17(6-8)7-12(18)19/h2-6H,7H2,1H3,(H,16,20)(H,18,19). The molecule has 110 valence electrons. The number of ether oxygens (including phenoxy) is 1. The summed E-state index contributed by atoms with van der Waals surface area (Å²) in [4.78, 5) is 22.4. The molecule has 1 aromatic heterocycles. The summed E-state index contributed by atoms with van der Waals surface area (Å²) in [5.74, 6) is -2.13. The second-order valence-electron chi connectivity index (χ2n) is 4.12. The van der Waals surface area contributed by atoms with Gasteiger partial charge >= 0.3 is 5.97 Å². The number of methoxy groups -OCH3 is 1. The Hall–Kier alpha value is -2.90. The van der Waals surface area contributed by atoms with Crippen molar-refractivity contribution < 1.29 is 23.8 Å². The average Bonchev–Trinajstić information content (AvgIpc) is 2.84. The molecule has 0 unspecified atom stereocenters. The van der Waals surface area contributed by atoms with E-state index in [1.165, 1.54) is 31.6 Å². The number of halogens is 1. The first-order valence-electron chi connectivity index (χ1n) is 5.88. The van der Waals surface area contributed by atoms with Gasteiger partial charge in [0.05, 0.1) is 24.6 Å². The van der Waals surface area contributed by atoms with Gasteiger partial charge in [-0.15, -0.1) is 0 Å². The summed E-state index contributed by atoms with van der Waals surface area (Å²) in [5.41, 5.74) is 0.123. The normalized spacial score (nSPS) is 10.2. The summed E-state index contributed by atoms with van der Waals surface area (Å²) >= 11 is 0. The highest BCUT2D eigenvalue weighted by atomic mass is 19.1. The van der Waals surface area contributed by atoms with Crippen LogP contribution in [0.3, 0.4) is 0 Å². The lowest BCUT2D eigenvalue weighted by Gasteiger charge is -2.05. The van der Waals surface area contributed by atoms with Gasteiger partial charge in [0.2, 0.25) is 0 Å². The van der Waals surface area contributed by atoms with Crippen LogP contribution < -0.4 is 10.1 Å². The lowest BCUT2D eigenvalue weighted by molar-refractivity contribution is -0.137. The molecule has 0 radical (unpaired) electrons. The van der Waals surface area contributed by atoms with E-state index in [1.807, 2.05) is 0 Å².